The van der Waals surface area contributed by atoms with Crippen LogP contribution < -0.4 is 15.0 Å². The second-order valence-electron chi connectivity index (χ2n) is 9.10. The molecule has 11 nitrogen and oxygen atoms in total. The molecule has 0 unspecified atom stereocenters. The second kappa shape index (κ2) is 11.6. The van der Waals surface area contributed by atoms with Crippen molar-refractivity contribution in [3.05, 3.63) is 55.1 Å². The van der Waals surface area contributed by atoms with E-state index < -0.39 is 0 Å². The Balaban J connectivity index is 1.14. The zero-order valence-electron chi connectivity index (χ0n) is 21.1. The van der Waals surface area contributed by atoms with E-state index in [0.29, 0.717) is 18.2 Å². The number of aromatic nitrogens is 5. The van der Waals surface area contributed by atoms with Gasteiger partial charge in [-0.05, 0) is 30.3 Å². The Morgan fingerprint density at radius 1 is 0.816 bits per heavy atom. The monoisotopic (exact) mass is 514 g/mol. The second-order valence-corrected chi connectivity index (χ2v) is 9.10. The van der Waals surface area contributed by atoms with Crippen LogP contribution >= 0.6 is 0 Å². The Morgan fingerprint density at radius 2 is 1.66 bits per heavy atom. The van der Waals surface area contributed by atoms with Crippen LogP contribution in [-0.2, 0) is 9.47 Å². The van der Waals surface area contributed by atoms with Crippen molar-refractivity contribution in [3.63, 3.8) is 0 Å². The SMILES string of the molecule is c1cc2cnc(Nc3ccc(N4CCOCC4)nc3)nc2c(-c2ccc(OCCN3CCOCC3)cn2)n1. The van der Waals surface area contributed by atoms with Crippen LogP contribution in [0.25, 0.3) is 22.3 Å². The molecule has 0 aromatic carbocycles. The van der Waals surface area contributed by atoms with Crippen molar-refractivity contribution >= 4 is 28.4 Å². The number of morpholine rings is 2. The van der Waals surface area contributed by atoms with Crippen molar-refractivity contribution in [2.24, 2.45) is 0 Å². The Labute approximate surface area is 220 Å². The lowest BCUT2D eigenvalue weighted by molar-refractivity contribution is 0.0322. The molecule has 38 heavy (non-hydrogen) atoms. The van der Waals surface area contributed by atoms with Gasteiger partial charge in [0.2, 0.25) is 5.95 Å². The van der Waals surface area contributed by atoms with Crippen LogP contribution in [0, 0.1) is 0 Å². The van der Waals surface area contributed by atoms with Gasteiger partial charge in [-0.1, -0.05) is 0 Å². The van der Waals surface area contributed by atoms with Gasteiger partial charge in [0.25, 0.3) is 0 Å². The lowest BCUT2D eigenvalue weighted by atomic mass is 10.2. The molecular formula is C27H30N8O3. The molecule has 0 radical (unpaired) electrons. The predicted octanol–water partition coefficient (Wildman–Crippen LogP) is 2.77. The highest BCUT2D eigenvalue weighted by molar-refractivity contribution is 5.90. The molecular weight excluding hydrogens is 484 g/mol. The van der Waals surface area contributed by atoms with E-state index in [1.165, 1.54) is 0 Å². The normalized spacial score (nSPS) is 16.5. The number of hydrogen-bond acceptors (Lipinski definition) is 11. The third-order valence-electron chi connectivity index (χ3n) is 6.60. The third kappa shape index (κ3) is 5.80. The van der Waals surface area contributed by atoms with Crippen LogP contribution in [0.4, 0.5) is 17.5 Å². The van der Waals surface area contributed by atoms with Crippen molar-refractivity contribution in [1.82, 2.24) is 29.8 Å². The summed E-state index contributed by atoms with van der Waals surface area (Å²) < 4.78 is 16.7. The minimum atomic E-state index is 0.468. The van der Waals surface area contributed by atoms with Crippen molar-refractivity contribution in [2.75, 3.05) is 76.0 Å². The van der Waals surface area contributed by atoms with E-state index in [0.717, 1.165) is 93.0 Å². The first-order valence-corrected chi connectivity index (χ1v) is 12.9. The van der Waals surface area contributed by atoms with Gasteiger partial charge in [-0.15, -0.1) is 0 Å². The highest BCUT2D eigenvalue weighted by Gasteiger charge is 2.14. The van der Waals surface area contributed by atoms with Crippen molar-refractivity contribution in [3.8, 4) is 17.1 Å². The van der Waals surface area contributed by atoms with Crippen molar-refractivity contribution in [2.45, 2.75) is 0 Å². The number of ether oxygens (including phenoxy) is 3. The van der Waals surface area contributed by atoms with Crippen molar-refractivity contribution < 1.29 is 14.2 Å². The Hall–Kier alpha value is -3.93. The quantitative estimate of drug-likeness (QED) is 0.375. The van der Waals surface area contributed by atoms with E-state index in [2.05, 4.69) is 35.1 Å². The number of rotatable bonds is 8. The van der Waals surface area contributed by atoms with Crippen LogP contribution in [-0.4, -0.2) is 95.6 Å². The molecule has 4 aromatic rings. The number of nitrogens with one attached hydrogen (secondary N) is 1. The molecule has 1 N–H and O–H groups in total. The maximum atomic E-state index is 5.90. The van der Waals surface area contributed by atoms with Crippen LogP contribution in [0.1, 0.15) is 0 Å². The Bertz CT molecular complexity index is 1340. The van der Waals surface area contributed by atoms with E-state index in [-0.39, 0.29) is 0 Å². The molecule has 0 bridgehead atoms. The molecule has 11 heteroatoms. The summed E-state index contributed by atoms with van der Waals surface area (Å²) in [4.78, 5) is 27.6. The Morgan fingerprint density at radius 3 is 2.42 bits per heavy atom. The highest BCUT2D eigenvalue weighted by Crippen LogP contribution is 2.26. The highest BCUT2D eigenvalue weighted by atomic mass is 16.5. The molecule has 0 saturated carbocycles. The van der Waals surface area contributed by atoms with Crippen LogP contribution in [0.2, 0.25) is 0 Å². The summed E-state index contributed by atoms with van der Waals surface area (Å²) in [6.45, 7) is 8.08. The standard InChI is InChI=1S/C27H30N8O3/c1-4-24(35-10-14-37-15-11-35)30-18-21(1)32-27-31-17-20-5-6-28-26(25(20)33-27)23-3-2-22(19-29-23)38-16-9-34-7-12-36-13-8-34/h1-6,17-19H,7-16H2,(H,31,32,33). The molecule has 4 aromatic heterocycles. The zero-order chi connectivity index (χ0) is 25.6. The smallest absolute Gasteiger partial charge is 0.227 e. The summed E-state index contributed by atoms with van der Waals surface area (Å²) in [5.41, 5.74) is 2.94. The van der Waals surface area contributed by atoms with Gasteiger partial charge in [0, 0.05) is 50.5 Å². The van der Waals surface area contributed by atoms with Gasteiger partial charge in [-0.3, -0.25) is 14.9 Å². The van der Waals surface area contributed by atoms with E-state index in [1.807, 2.05) is 30.3 Å². The molecule has 6 rings (SSSR count). The zero-order valence-corrected chi connectivity index (χ0v) is 21.1. The topological polar surface area (TPSA) is 111 Å². The van der Waals surface area contributed by atoms with Crippen LogP contribution in [0.3, 0.4) is 0 Å². The third-order valence-corrected chi connectivity index (χ3v) is 6.60. The van der Waals surface area contributed by atoms with Gasteiger partial charge < -0.3 is 24.4 Å². The molecule has 6 heterocycles. The van der Waals surface area contributed by atoms with Crippen molar-refractivity contribution in [1.29, 1.82) is 0 Å². The lowest BCUT2D eigenvalue weighted by Gasteiger charge is -2.27. The molecule has 0 aliphatic carbocycles. The fraction of sp³-hybridized carbons (Fsp3) is 0.370. The average molecular weight is 515 g/mol. The molecule has 2 saturated heterocycles. The molecule has 2 aliphatic rings. The summed E-state index contributed by atoms with van der Waals surface area (Å²) in [6.07, 6.45) is 7.06. The fourth-order valence-electron chi connectivity index (χ4n) is 4.50. The average Bonchev–Trinajstić information content (AvgIpc) is 2.99. The van der Waals surface area contributed by atoms with Crippen LogP contribution in [0.15, 0.2) is 55.1 Å². The number of anilines is 3. The lowest BCUT2D eigenvalue weighted by Crippen LogP contribution is -2.38. The maximum Gasteiger partial charge on any atom is 0.227 e. The van der Waals surface area contributed by atoms with Gasteiger partial charge in [-0.25, -0.2) is 15.0 Å². The minimum Gasteiger partial charge on any atom is -0.491 e. The minimum absolute atomic E-state index is 0.468. The summed E-state index contributed by atoms with van der Waals surface area (Å²) in [5.74, 6) is 2.13. The summed E-state index contributed by atoms with van der Waals surface area (Å²) >= 11 is 0. The first-order valence-electron chi connectivity index (χ1n) is 12.9. The first-order chi connectivity index (χ1) is 18.8. The van der Waals surface area contributed by atoms with Crippen LogP contribution in [0.5, 0.6) is 5.75 Å². The fourth-order valence-corrected chi connectivity index (χ4v) is 4.50. The maximum absolute atomic E-state index is 5.90. The number of nitrogens with zero attached hydrogens (tertiary/aromatic N) is 7. The van der Waals surface area contributed by atoms with Gasteiger partial charge in [0.05, 0.1) is 50.2 Å². The predicted molar refractivity (Wildman–Crippen MR) is 144 cm³/mol. The van der Waals surface area contributed by atoms with Gasteiger partial charge in [0.1, 0.15) is 29.4 Å². The first kappa shape index (κ1) is 24.4. The summed E-state index contributed by atoms with van der Waals surface area (Å²) in [6, 6.07) is 9.70. The number of hydrogen-bond donors (Lipinski definition) is 1. The largest absolute Gasteiger partial charge is 0.491 e. The molecule has 2 aliphatic heterocycles. The van der Waals surface area contributed by atoms with E-state index >= 15 is 0 Å². The molecule has 196 valence electrons. The summed E-state index contributed by atoms with van der Waals surface area (Å²) in [5, 5.41) is 4.14. The van der Waals surface area contributed by atoms with E-state index in [4.69, 9.17) is 19.2 Å². The van der Waals surface area contributed by atoms with Gasteiger partial charge in [0.15, 0.2) is 0 Å². The summed E-state index contributed by atoms with van der Waals surface area (Å²) in [7, 11) is 0. The number of fused-ring (bicyclic) bond motifs is 1. The van der Waals surface area contributed by atoms with E-state index in [9.17, 15) is 0 Å². The van der Waals surface area contributed by atoms with E-state index in [1.54, 1.807) is 24.8 Å². The molecule has 0 spiro atoms. The molecule has 2 fully saturated rings. The van der Waals surface area contributed by atoms with Gasteiger partial charge in [-0.2, -0.15) is 0 Å². The molecule has 0 atom stereocenters. The molecule has 0 amide bonds. The Kier molecular flexibility index (Phi) is 7.47. The number of pyridine rings is 3. The van der Waals surface area contributed by atoms with Gasteiger partial charge >= 0.3 is 0 Å².